The van der Waals surface area contributed by atoms with Crippen molar-refractivity contribution >= 4 is 11.4 Å². The first-order chi connectivity index (χ1) is 11.7. The molecule has 0 spiro atoms. The largest absolute Gasteiger partial charge is 0.368 e. The molecule has 2 saturated heterocycles. The number of anilines is 2. The zero-order valence-electron chi connectivity index (χ0n) is 14.7. The lowest BCUT2D eigenvalue weighted by Gasteiger charge is -2.44. The van der Waals surface area contributed by atoms with Crippen LogP contribution in [0.2, 0.25) is 0 Å². The molecule has 2 aromatic rings. The number of aryl methyl sites for hydroxylation is 2. The van der Waals surface area contributed by atoms with Gasteiger partial charge in [-0.1, -0.05) is 24.3 Å². The maximum atomic E-state index is 2.73. The zero-order chi connectivity index (χ0) is 16.3. The maximum absolute atomic E-state index is 2.73. The molecule has 3 atom stereocenters. The van der Waals surface area contributed by atoms with Gasteiger partial charge < -0.3 is 9.80 Å². The third-order valence-corrected chi connectivity index (χ3v) is 6.39. The molecule has 2 fully saturated rings. The molecule has 0 amide bonds. The van der Waals surface area contributed by atoms with Gasteiger partial charge in [0.05, 0.1) is 6.04 Å². The van der Waals surface area contributed by atoms with Crippen LogP contribution in [-0.4, -0.2) is 19.1 Å². The summed E-state index contributed by atoms with van der Waals surface area (Å²) in [4.78, 5) is 5.41. The second-order valence-corrected chi connectivity index (χ2v) is 7.90. The highest BCUT2D eigenvalue weighted by Crippen LogP contribution is 2.52. The third kappa shape index (κ3) is 2.02. The Morgan fingerprint density at radius 2 is 1.75 bits per heavy atom. The van der Waals surface area contributed by atoms with Crippen LogP contribution in [0.4, 0.5) is 11.4 Å². The molecule has 2 nitrogen and oxygen atoms in total. The van der Waals surface area contributed by atoms with E-state index in [4.69, 9.17) is 0 Å². The van der Waals surface area contributed by atoms with Crippen LogP contribution in [0, 0.1) is 19.8 Å². The fourth-order valence-corrected chi connectivity index (χ4v) is 5.40. The summed E-state index contributed by atoms with van der Waals surface area (Å²) in [5.41, 5.74) is 7.22. The molecule has 5 rings (SSSR count). The predicted octanol–water partition coefficient (Wildman–Crippen LogP) is 4.85. The van der Waals surface area contributed by atoms with Crippen molar-refractivity contribution in [1.29, 1.82) is 0 Å². The van der Waals surface area contributed by atoms with E-state index in [0.717, 1.165) is 12.0 Å². The lowest BCUT2D eigenvalue weighted by atomic mass is 9.81. The molecule has 3 aliphatic rings. The third-order valence-electron chi connectivity index (χ3n) is 6.39. The van der Waals surface area contributed by atoms with Crippen LogP contribution in [0.1, 0.15) is 42.0 Å². The molecule has 3 aliphatic heterocycles. The average molecular weight is 318 g/mol. The Labute approximate surface area is 145 Å². The van der Waals surface area contributed by atoms with Crippen LogP contribution in [0.3, 0.4) is 0 Å². The van der Waals surface area contributed by atoms with Gasteiger partial charge in [-0.25, -0.2) is 0 Å². The van der Waals surface area contributed by atoms with Crippen molar-refractivity contribution in [1.82, 2.24) is 0 Å². The summed E-state index contributed by atoms with van der Waals surface area (Å²) in [6.45, 7) is 6.86. The van der Waals surface area contributed by atoms with Crippen LogP contribution in [0.25, 0.3) is 0 Å². The van der Waals surface area contributed by atoms with Crippen molar-refractivity contribution in [2.45, 2.75) is 45.2 Å². The zero-order valence-corrected chi connectivity index (χ0v) is 14.7. The quantitative estimate of drug-likeness (QED) is 0.741. The standard InChI is InChI=1S/C22H26N2/c1-15-5-3-6-17(13-15)23-12-10-19-20-7-4-11-24(20)21-14-16(2)8-9-18(21)22(19)23/h3,5-6,8-9,13-14,19-20,22H,4,7,10-12H2,1-2H3/t19-,20-,22+/m1/s1. The van der Waals surface area contributed by atoms with Crippen molar-refractivity contribution in [2.24, 2.45) is 5.92 Å². The van der Waals surface area contributed by atoms with E-state index in [-0.39, 0.29) is 0 Å². The van der Waals surface area contributed by atoms with E-state index >= 15 is 0 Å². The minimum Gasteiger partial charge on any atom is -0.368 e. The Kier molecular flexibility index (Phi) is 3.16. The molecule has 124 valence electrons. The van der Waals surface area contributed by atoms with Gasteiger partial charge in [0.2, 0.25) is 0 Å². The van der Waals surface area contributed by atoms with E-state index in [1.165, 1.54) is 54.9 Å². The normalized spacial score (nSPS) is 27.8. The Hall–Kier alpha value is -1.96. The number of benzene rings is 2. The Bertz CT molecular complexity index is 781. The number of fused-ring (bicyclic) bond motifs is 6. The van der Waals surface area contributed by atoms with Gasteiger partial charge in [-0.2, -0.15) is 0 Å². The summed E-state index contributed by atoms with van der Waals surface area (Å²) in [6.07, 6.45) is 4.05. The topological polar surface area (TPSA) is 6.48 Å². The van der Waals surface area contributed by atoms with Crippen LogP contribution in [-0.2, 0) is 0 Å². The van der Waals surface area contributed by atoms with E-state index < -0.39 is 0 Å². The summed E-state index contributed by atoms with van der Waals surface area (Å²) >= 11 is 0. The number of hydrogen-bond donors (Lipinski definition) is 0. The molecule has 2 aromatic carbocycles. The van der Waals surface area contributed by atoms with Gasteiger partial charge in [0, 0.05) is 36.4 Å². The van der Waals surface area contributed by atoms with Crippen molar-refractivity contribution < 1.29 is 0 Å². The van der Waals surface area contributed by atoms with Gasteiger partial charge in [0.25, 0.3) is 0 Å². The van der Waals surface area contributed by atoms with E-state index in [1.807, 2.05) is 0 Å². The minimum atomic E-state index is 0.557. The van der Waals surface area contributed by atoms with Crippen molar-refractivity contribution in [3.63, 3.8) is 0 Å². The second kappa shape index (κ2) is 5.27. The summed E-state index contributed by atoms with van der Waals surface area (Å²) < 4.78 is 0. The molecule has 0 aromatic heterocycles. The Morgan fingerprint density at radius 1 is 0.875 bits per heavy atom. The molecule has 0 N–H and O–H groups in total. The average Bonchev–Trinajstić information content (AvgIpc) is 3.21. The summed E-state index contributed by atoms with van der Waals surface area (Å²) in [7, 11) is 0. The van der Waals surface area contributed by atoms with Crippen LogP contribution in [0.15, 0.2) is 42.5 Å². The SMILES string of the molecule is Cc1cccc(N2CC[C@@H]3[C@H]4CCCN4c4cc(C)ccc4[C@@H]32)c1. The minimum absolute atomic E-state index is 0.557. The monoisotopic (exact) mass is 318 g/mol. The summed E-state index contributed by atoms with van der Waals surface area (Å²) in [5.74, 6) is 0.781. The van der Waals surface area contributed by atoms with Crippen LogP contribution in [0.5, 0.6) is 0 Å². The van der Waals surface area contributed by atoms with E-state index in [0.29, 0.717) is 6.04 Å². The smallest absolute Gasteiger partial charge is 0.0611 e. The van der Waals surface area contributed by atoms with Gasteiger partial charge >= 0.3 is 0 Å². The molecule has 0 aliphatic carbocycles. The first kappa shape index (κ1) is 14.4. The first-order valence-electron chi connectivity index (χ1n) is 9.43. The molecule has 0 unspecified atom stereocenters. The van der Waals surface area contributed by atoms with Crippen molar-refractivity contribution in [3.8, 4) is 0 Å². The molecular formula is C22H26N2. The lowest BCUT2D eigenvalue weighted by molar-refractivity contribution is 0.373. The highest BCUT2D eigenvalue weighted by molar-refractivity contribution is 5.65. The van der Waals surface area contributed by atoms with Crippen LogP contribution < -0.4 is 9.80 Å². The predicted molar refractivity (Wildman–Crippen MR) is 101 cm³/mol. The van der Waals surface area contributed by atoms with Crippen molar-refractivity contribution in [2.75, 3.05) is 22.9 Å². The highest BCUT2D eigenvalue weighted by Gasteiger charge is 2.48. The van der Waals surface area contributed by atoms with Gasteiger partial charge in [-0.05, 0) is 68.0 Å². The molecule has 24 heavy (non-hydrogen) atoms. The summed E-state index contributed by atoms with van der Waals surface area (Å²) in [5, 5.41) is 0. The molecular weight excluding hydrogens is 292 g/mol. The van der Waals surface area contributed by atoms with E-state index in [2.05, 4.69) is 66.1 Å². The summed E-state index contributed by atoms with van der Waals surface area (Å²) in [6, 6.07) is 17.5. The first-order valence-corrected chi connectivity index (χ1v) is 9.43. The highest BCUT2D eigenvalue weighted by atomic mass is 15.3. The number of nitrogens with zero attached hydrogens (tertiary/aromatic N) is 2. The Balaban J connectivity index is 1.64. The maximum Gasteiger partial charge on any atom is 0.0611 e. The van der Waals surface area contributed by atoms with E-state index in [1.54, 1.807) is 5.56 Å². The van der Waals surface area contributed by atoms with Gasteiger partial charge in [0.15, 0.2) is 0 Å². The second-order valence-electron chi connectivity index (χ2n) is 7.90. The lowest BCUT2D eigenvalue weighted by Crippen LogP contribution is -2.44. The van der Waals surface area contributed by atoms with Gasteiger partial charge in [-0.15, -0.1) is 0 Å². The van der Waals surface area contributed by atoms with Gasteiger partial charge in [0.1, 0.15) is 0 Å². The van der Waals surface area contributed by atoms with Crippen LogP contribution >= 0.6 is 0 Å². The molecule has 2 heteroatoms. The van der Waals surface area contributed by atoms with E-state index in [9.17, 15) is 0 Å². The fraction of sp³-hybridized carbons (Fsp3) is 0.455. The van der Waals surface area contributed by atoms with Gasteiger partial charge in [-0.3, -0.25) is 0 Å². The number of rotatable bonds is 1. The number of hydrogen-bond acceptors (Lipinski definition) is 2. The molecule has 0 radical (unpaired) electrons. The molecule has 3 heterocycles. The Morgan fingerprint density at radius 3 is 2.62 bits per heavy atom. The van der Waals surface area contributed by atoms with Crippen molar-refractivity contribution in [3.05, 3.63) is 59.2 Å². The molecule has 0 saturated carbocycles. The fourth-order valence-electron chi connectivity index (χ4n) is 5.40. The molecule has 0 bridgehead atoms.